The highest BCUT2D eigenvalue weighted by Gasteiger charge is 2.51. The SMILES string of the molecule is O=C1OC[C@@H](Cc2ccccc2)N1C(=O)C(CC1CCC2(CC1)O[C@@H](c1ccccc1)[C@H](c1ccccc1)O2)c1ccc(S(=O)(=O)C2CC2)c(C2CC2)c1. The molecule has 0 radical (unpaired) electrons. The number of amides is 2. The standard InChI is InChI=1S/C45H47NO7S/c47-43(46-36(29-51-44(46)48)26-30-10-4-1-5-11-30)39(35-18-21-40(38(28-35)32-16-17-32)54(49,50)37-19-20-37)27-31-22-24-45(25-23-31)52-41(33-12-6-2-7-13-33)42(53-45)34-14-8-3-9-15-34/h1-15,18,21,28,31-32,36-37,39,41-42H,16-17,19-20,22-27,29H2/t36-,39?,41+,42+/m1/s1. The zero-order chi connectivity index (χ0) is 36.9. The first-order valence-corrected chi connectivity index (χ1v) is 21.2. The average molecular weight is 746 g/mol. The highest BCUT2D eigenvalue weighted by molar-refractivity contribution is 7.92. The molecule has 9 rings (SSSR count). The number of rotatable bonds is 11. The monoisotopic (exact) mass is 745 g/mol. The molecule has 5 aliphatic rings. The second-order valence-corrected chi connectivity index (χ2v) is 18.2. The quantitative estimate of drug-likeness (QED) is 0.151. The molecule has 5 fully saturated rings. The van der Waals surface area contributed by atoms with Gasteiger partial charge in [-0.05, 0) is 97.1 Å². The van der Waals surface area contributed by atoms with Gasteiger partial charge in [-0.3, -0.25) is 4.79 Å². The molecule has 3 aliphatic carbocycles. The molecular weight excluding hydrogens is 699 g/mol. The number of nitrogens with zero attached hydrogens (tertiary/aromatic N) is 1. The van der Waals surface area contributed by atoms with E-state index in [-0.39, 0.29) is 41.8 Å². The fourth-order valence-electron chi connectivity index (χ4n) is 8.94. The molecule has 8 nitrogen and oxygen atoms in total. The summed E-state index contributed by atoms with van der Waals surface area (Å²) >= 11 is 0. The van der Waals surface area contributed by atoms with E-state index in [2.05, 4.69) is 24.3 Å². The van der Waals surface area contributed by atoms with Gasteiger partial charge in [0.15, 0.2) is 15.6 Å². The Balaban J connectivity index is 0.996. The molecular formula is C45H47NO7S. The minimum Gasteiger partial charge on any atom is -0.447 e. The normalized spacial score (nSPS) is 24.8. The molecule has 2 amide bonds. The molecule has 9 heteroatoms. The molecule has 0 aromatic heterocycles. The molecule has 2 aliphatic heterocycles. The number of hydrogen-bond acceptors (Lipinski definition) is 7. The molecule has 54 heavy (non-hydrogen) atoms. The second-order valence-electron chi connectivity index (χ2n) is 16.0. The smallest absolute Gasteiger partial charge is 0.417 e. The van der Waals surface area contributed by atoms with E-state index in [9.17, 15) is 18.0 Å². The zero-order valence-corrected chi connectivity index (χ0v) is 31.2. The van der Waals surface area contributed by atoms with Crippen molar-refractivity contribution in [2.45, 2.75) is 110 Å². The van der Waals surface area contributed by atoms with Crippen molar-refractivity contribution in [2.24, 2.45) is 5.92 Å². The summed E-state index contributed by atoms with van der Waals surface area (Å²) in [7, 11) is -3.42. The van der Waals surface area contributed by atoms with Gasteiger partial charge in [-0.15, -0.1) is 0 Å². The van der Waals surface area contributed by atoms with Gasteiger partial charge >= 0.3 is 6.09 Å². The third-order valence-corrected chi connectivity index (χ3v) is 14.5. The lowest BCUT2D eigenvalue weighted by Gasteiger charge is -2.37. The van der Waals surface area contributed by atoms with Crippen LogP contribution in [0.1, 0.15) is 110 Å². The minimum absolute atomic E-state index is 0.143. The van der Waals surface area contributed by atoms with Crippen molar-refractivity contribution in [2.75, 3.05) is 6.61 Å². The average Bonchev–Trinajstić information content (AvgIpc) is 4.15. The van der Waals surface area contributed by atoms with Crippen LogP contribution in [0.5, 0.6) is 0 Å². The Labute approximate surface area is 317 Å². The molecule has 280 valence electrons. The number of imide groups is 1. The third-order valence-electron chi connectivity index (χ3n) is 12.2. The van der Waals surface area contributed by atoms with E-state index >= 15 is 0 Å². The maximum atomic E-state index is 14.8. The molecule has 0 bridgehead atoms. The Morgan fingerprint density at radius 2 is 1.35 bits per heavy atom. The molecule has 4 aromatic rings. The van der Waals surface area contributed by atoms with Gasteiger partial charge in [0.1, 0.15) is 18.8 Å². The number of hydrogen-bond donors (Lipinski definition) is 0. The molecule has 0 N–H and O–H groups in total. The number of carbonyl (C=O) groups excluding carboxylic acids is 2. The fraction of sp³-hybridized carbons (Fsp3) is 0.422. The van der Waals surface area contributed by atoms with Gasteiger partial charge in [-0.25, -0.2) is 18.1 Å². The summed E-state index contributed by atoms with van der Waals surface area (Å²) in [5.74, 6) is -1.32. The van der Waals surface area contributed by atoms with Crippen LogP contribution in [0.4, 0.5) is 4.79 Å². The highest BCUT2D eigenvalue weighted by Crippen LogP contribution is 2.54. The Morgan fingerprint density at radius 3 is 1.93 bits per heavy atom. The van der Waals surface area contributed by atoms with Crippen LogP contribution >= 0.6 is 0 Å². The lowest BCUT2D eigenvalue weighted by molar-refractivity contribution is -0.200. The van der Waals surface area contributed by atoms with Gasteiger partial charge in [-0.1, -0.05) is 103 Å². The molecule has 1 spiro atoms. The van der Waals surface area contributed by atoms with Crippen LogP contribution in [-0.4, -0.2) is 49.0 Å². The van der Waals surface area contributed by atoms with Gasteiger partial charge in [-0.2, -0.15) is 0 Å². The van der Waals surface area contributed by atoms with E-state index in [1.165, 1.54) is 4.90 Å². The van der Waals surface area contributed by atoms with Crippen LogP contribution < -0.4 is 0 Å². The molecule has 3 saturated carbocycles. The van der Waals surface area contributed by atoms with E-state index in [1.807, 2.05) is 78.9 Å². The summed E-state index contributed by atoms with van der Waals surface area (Å²) in [5.41, 5.74) is 4.79. The van der Waals surface area contributed by atoms with Gasteiger partial charge in [0, 0.05) is 12.8 Å². The first-order chi connectivity index (χ1) is 26.3. The van der Waals surface area contributed by atoms with Crippen LogP contribution in [0.3, 0.4) is 0 Å². The summed E-state index contributed by atoms with van der Waals surface area (Å²) in [4.78, 5) is 29.9. The Hall–Kier alpha value is -4.31. The summed E-state index contributed by atoms with van der Waals surface area (Å²) < 4.78 is 46.4. The van der Waals surface area contributed by atoms with Gasteiger partial charge in [0.25, 0.3) is 0 Å². The molecule has 4 atom stereocenters. The van der Waals surface area contributed by atoms with E-state index in [1.54, 1.807) is 6.07 Å². The molecule has 4 aromatic carbocycles. The third kappa shape index (κ3) is 7.02. The summed E-state index contributed by atoms with van der Waals surface area (Å²) in [6, 6.07) is 35.5. The van der Waals surface area contributed by atoms with Crippen molar-refractivity contribution in [3.05, 3.63) is 137 Å². The maximum Gasteiger partial charge on any atom is 0.417 e. The van der Waals surface area contributed by atoms with Crippen LogP contribution in [0.2, 0.25) is 0 Å². The van der Waals surface area contributed by atoms with E-state index in [4.69, 9.17) is 14.2 Å². The number of cyclic esters (lactones) is 1. The predicted molar refractivity (Wildman–Crippen MR) is 203 cm³/mol. The predicted octanol–water partition coefficient (Wildman–Crippen LogP) is 8.98. The fourth-order valence-corrected chi connectivity index (χ4v) is 10.9. The lowest BCUT2D eigenvalue weighted by Crippen LogP contribution is -2.43. The van der Waals surface area contributed by atoms with Crippen molar-refractivity contribution in [1.82, 2.24) is 4.90 Å². The van der Waals surface area contributed by atoms with Crippen molar-refractivity contribution in [3.8, 4) is 0 Å². The number of benzene rings is 4. The number of ether oxygens (including phenoxy) is 3. The van der Waals surface area contributed by atoms with Crippen LogP contribution in [0.25, 0.3) is 0 Å². The largest absolute Gasteiger partial charge is 0.447 e. The van der Waals surface area contributed by atoms with Crippen molar-refractivity contribution in [3.63, 3.8) is 0 Å². The van der Waals surface area contributed by atoms with Gasteiger partial charge < -0.3 is 14.2 Å². The number of carbonyl (C=O) groups is 2. The van der Waals surface area contributed by atoms with Gasteiger partial charge in [0.2, 0.25) is 5.91 Å². The molecule has 2 saturated heterocycles. The molecule has 1 unspecified atom stereocenters. The Kier molecular flexibility index (Phi) is 9.44. The molecule has 2 heterocycles. The topological polar surface area (TPSA) is 99.2 Å². The summed E-state index contributed by atoms with van der Waals surface area (Å²) in [5, 5.41) is -0.311. The van der Waals surface area contributed by atoms with Crippen molar-refractivity contribution >= 4 is 21.8 Å². The second kappa shape index (κ2) is 14.4. The maximum absolute atomic E-state index is 14.8. The zero-order valence-electron chi connectivity index (χ0n) is 30.4. The van der Waals surface area contributed by atoms with E-state index in [0.29, 0.717) is 43.4 Å². The van der Waals surface area contributed by atoms with Crippen LogP contribution in [0.15, 0.2) is 114 Å². The highest BCUT2D eigenvalue weighted by atomic mass is 32.2. The minimum atomic E-state index is -3.42. The first kappa shape index (κ1) is 35.4. The van der Waals surface area contributed by atoms with Crippen molar-refractivity contribution in [1.29, 1.82) is 0 Å². The van der Waals surface area contributed by atoms with E-state index in [0.717, 1.165) is 53.5 Å². The lowest BCUT2D eigenvalue weighted by atomic mass is 9.77. The first-order valence-electron chi connectivity index (χ1n) is 19.6. The Bertz CT molecular complexity index is 2040. The van der Waals surface area contributed by atoms with Crippen LogP contribution in [0, 0.1) is 5.92 Å². The van der Waals surface area contributed by atoms with Crippen molar-refractivity contribution < 1.29 is 32.2 Å². The summed E-state index contributed by atoms with van der Waals surface area (Å²) in [6.07, 6.45) is 6.13. The van der Waals surface area contributed by atoms with E-state index < -0.39 is 33.7 Å². The van der Waals surface area contributed by atoms with Crippen LogP contribution in [-0.2, 0) is 35.3 Å². The Morgan fingerprint density at radius 1 is 0.759 bits per heavy atom. The number of sulfone groups is 1. The van der Waals surface area contributed by atoms with Gasteiger partial charge in [0.05, 0.1) is 22.1 Å². The summed E-state index contributed by atoms with van der Waals surface area (Å²) in [6.45, 7) is 0.143.